The van der Waals surface area contributed by atoms with E-state index < -0.39 is 0 Å². The van der Waals surface area contributed by atoms with Crippen LogP contribution < -0.4 is 5.32 Å². The molecule has 0 radical (unpaired) electrons. The van der Waals surface area contributed by atoms with Gasteiger partial charge in [0.2, 0.25) is 0 Å². The van der Waals surface area contributed by atoms with Crippen LogP contribution in [0.25, 0.3) is 5.82 Å². The van der Waals surface area contributed by atoms with Crippen molar-refractivity contribution in [3.63, 3.8) is 0 Å². The molecule has 6 nitrogen and oxygen atoms in total. The number of hydrogen-bond acceptors (Lipinski definition) is 4. The van der Waals surface area contributed by atoms with Crippen molar-refractivity contribution in [3.05, 3.63) is 54.2 Å². The molecule has 126 valence electrons. The van der Waals surface area contributed by atoms with Gasteiger partial charge in [-0.2, -0.15) is 10.2 Å². The van der Waals surface area contributed by atoms with Gasteiger partial charge in [-0.3, -0.25) is 4.68 Å². The van der Waals surface area contributed by atoms with Gasteiger partial charge in [0.15, 0.2) is 5.82 Å². The van der Waals surface area contributed by atoms with Gasteiger partial charge in [-0.25, -0.2) is 9.67 Å². The number of nitrogens with zero attached hydrogens (tertiary/aromatic N) is 5. The Hall–Kier alpha value is -2.63. The maximum absolute atomic E-state index is 4.49. The number of anilines is 1. The maximum Gasteiger partial charge on any atom is 0.153 e. The number of hydrogen-bond donors (Lipinski definition) is 1. The summed E-state index contributed by atoms with van der Waals surface area (Å²) in [6.45, 7) is 9.50. The lowest BCUT2D eigenvalue weighted by Crippen LogP contribution is -2.08. The lowest BCUT2D eigenvalue weighted by atomic mass is 10.1. The summed E-state index contributed by atoms with van der Waals surface area (Å²) in [5.74, 6) is 1.41. The van der Waals surface area contributed by atoms with E-state index in [1.165, 1.54) is 0 Å². The van der Waals surface area contributed by atoms with Crippen LogP contribution in [0.1, 0.15) is 38.1 Å². The third-order valence-corrected chi connectivity index (χ3v) is 3.95. The zero-order valence-electron chi connectivity index (χ0n) is 14.6. The van der Waals surface area contributed by atoms with E-state index in [0.717, 1.165) is 29.3 Å². The van der Waals surface area contributed by atoms with E-state index >= 15 is 0 Å². The molecule has 3 aromatic rings. The normalized spacial score (nSPS) is 12.5. The standard InChI is InChI=1S/C18H24N6/c1-13(2)11-23-12-16(9-20-23)22-14(3)17-10-21-24(15(17)4)18-7-5-6-8-19-18/h5-10,12-14,22H,11H2,1-4H3. The highest BCUT2D eigenvalue weighted by Crippen LogP contribution is 2.23. The fraction of sp³-hybridized carbons (Fsp3) is 0.389. The van der Waals surface area contributed by atoms with E-state index in [-0.39, 0.29) is 6.04 Å². The summed E-state index contributed by atoms with van der Waals surface area (Å²) in [5, 5.41) is 12.4. The summed E-state index contributed by atoms with van der Waals surface area (Å²) in [5.41, 5.74) is 3.26. The SMILES string of the molecule is Cc1c(C(C)Nc2cnn(CC(C)C)c2)cnn1-c1ccccn1. The van der Waals surface area contributed by atoms with Crippen molar-refractivity contribution in [2.75, 3.05) is 5.32 Å². The lowest BCUT2D eigenvalue weighted by molar-refractivity contribution is 0.483. The first kappa shape index (κ1) is 16.2. The third-order valence-electron chi connectivity index (χ3n) is 3.95. The zero-order chi connectivity index (χ0) is 17.1. The predicted molar refractivity (Wildman–Crippen MR) is 95.2 cm³/mol. The molecule has 6 heteroatoms. The molecule has 0 amide bonds. The van der Waals surface area contributed by atoms with E-state index in [1.54, 1.807) is 6.20 Å². The Kier molecular flexibility index (Phi) is 4.64. The Morgan fingerprint density at radius 3 is 2.67 bits per heavy atom. The third kappa shape index (κ3) is 3.48. The summed E-state index contributed by atoms with van der Waals surface area (Å²) in [7, 11) is 0. The van der Waals surface area contributed by atoms with E-state index in [2.05, 4.69) is 54.4 Å². The van der Waals surface area contributed by atoms with Crippen LogP contribution in [0, 0.1) is 12.8 Å². The highest BCUT2D eigenvalue weighted by Gasteiger charge is 2.15. The molecule has 0 aromatic carbocycles. The molecule has 0 saturated heterocycles. The Bertz CT molecular complexity index is 787. The summed E-state index contributed by atoms with van der Waals surface area (Å²) in [6.07, 6.45) is 7.60. The van der Waals surface area contributed by atoms with Crippen molar-refractivity contribution in [3.8, 4) is 5.82 Å². The molecule has 24 heavy (non-hydrogen) atoms. The molecule has 0 bridgehead atoms. The van der Waals surface area contributed by atoms with Gasteiger partial charge in [-0.1, -0.05) is 19.9 Å². The fourth-order valence-electron chi connectivity index (χ4n) is 2.80. The van der Waals surface area contributed by atoms with Crippen molar-refractivity contribution in [2.45, 2.75) is 40.3 Å². The van der Waals surface area contributed by atoms with Gasteiger partial charge in [0.1, 0.15) is 0 Å². The molecule has 0 saturated carbocycles. The van der Waals surface area contributed by atoms with Crippen molar-refractivity contribution >= 4 is 5.69 Å². The van der Waals surface area contributed by atoms with Gasteiger partial charge < -0.3 is 5.32 Å². The average molecular weight is 324 g/mol. The monoisotopic (exact) mass is 324 g/mol. The van der Waals surface area contributed by atoms with Crippen LogP contribution in [-0.4, -0.2) is 24.5 Å². The smallest absolute Gasteiger partial charge is 0.153 e. The first-order valence-electron chi connectivity index (χ1n) is 8.29. The molecule has 0 fully saturated rings. The molecule has 0 aliphatic rings. The van der Waals surface area contributed by atoms with Gasteiger partial charge >= 0.3 is 0 Å². The number of rotatable bonds is 6. The highest BCUT2D eigenvalue weighted by atomic mass is 15.3. The van der Waals surface area contributed by atoms with E-state index in [0.29, 0.717) is 5.92 Å². The summed E-state index contributed by atoms with van der Waals surface area (Å²) < 4.78 is 3.85. The Labute approximate surface area is 142 Å². The molecule has 0 aliphatic heterocycles. The Morgan fingerprint density at radius 1 is 1.12 bits per heavy atom. The fourth-order valence-corrected chi connectivity index (χ4v) is 2.80. The molecule has 1 unspecified atom stereocenters. The van der Waals surface area contributed by atoms with E-state index in [9.17, 15) is 0 Å². The second-order valence-corrected chi connectivity index (χ2v) is 6.50. The van der Waals surface area contributed by atoms with E-state index in [1.807, 2.05) is 40.0 Å². The first-order valence-corrected chi connectivity index (χ1v) is 8.29. The van der Waals surface area contributed by atoms with Crippen molar-refractivity contribution in [1.82, 2.24) is 24.5 Å². The summed E-state index contributed by atoms with van der Waals surface area (Å²) in [6, 6.07) is 5.97. The van der Waals surface area contributed by atoms with Crippen LogP contribution in [-0.2, 0) is 6.54 Å². The average Bonchev–Trinajstić information content (AvgIpc) is 3.14. The van der Waals surface area contributed by atoms with Crippen molar-refractivity contribution in [1.29, 1.82) is 0 Å². The molecule has 3 rings (SSSR count). The minimum Gasteiger partial charge on any atom is -0.376 e. The van der Waals surface area contributed by atoms with Crippen molar-refractivity contribution < 1.29 is 0 Å². The van der Waals surface area contributed by atoms with Crippen LogP contribution in [0.5, 0.6) is 0 Å². The minimum atomic E-state index is 0.138. The lowest BCUT2D eigenvalue weighted by Gasteiger charge is -2.13. The number of pyridine rings is 1. The van der Waals surface area contributed by atoms with Crippen LogP contribution in [0.4, 0.5) is 5.69 Å². The van der Waals surface area contributed by atoms with Gasteiger partial charge in [0.05, 0.1) is 24.1 Å². The molecule has 3 aromatic heterocycles. The maximum atomic E-state index is 4.49. The molecule has 0 aliphatic carbocycles. The molecular weight excluding hydrogens is 300 g/mol. The zero-order valence-corrected chi connectivity index (χ0v) is 14.6. The first-order chi connectivity index (χ1) is 11.5. The second-order valence-electron chi connectivity index (χ2n) is 6.50. The topological polar surface area (TPSA) is 60.6 Å². The van der Waals surface area contributed by atoms with Crippen LogP contribution in [0.15, 0.2) is 43.0 Å². The van der Waals surface area contributed by atoms with Gasteiger partial charge in [0.25, 0.3) is 0 Å². The largest absolute Gasteiger partial charge is 0.376 e. The molecule has 1 N–H and O–H groups in total. The van der Waals surface area contributed by atoms with Gasteiger partial charge in [0, 0.05) is 30.2 Å². The minimum absolute atomic E-state index is 0.138. The predicted octanol–water partition coefficient (Wildman–Crippen LogP) is 3.60. The molecule has 1 atom stereocenters. The molecule has 0 spiro atoms. The molecule has 3 heterocycles. The second kappa shape index (κ2) is 6.86. The van der Waals surface area contributed by atoms with Gasteiger partial charge in [-0.15, -0.1) is 0 Å². The van der Waals surface area contributed by atoms with Crippen molar-refractivity contribution in [2.24, 2.45) is 5.92 Å². The number of nitrogens with one attached hydrogen (secondary N) is 1. The highest BCUT2D eigenvalue weighted by molar-refractivity contribution is 5.42. The summed E-state index contributed by atoms with van der Waals surface area (Å²) >= 11 is 0. The van der Waals surface area contributed by atoms with Gasteiger partial charge in [-0.05, 0) is 31.9 Å². The summed E-state index contributed by atoms with van der Waals surface area (Å²) in [4.78, 5) is 4.36. The quantitative estimate of drug-likeness (QED) is 0.752. The number of aromatic nitrogens is 5. The van der Waals surface area contributed by atoms with Crippen LogP contribution in [0.3, 0.4) is 0 Å². The van der Waals surface area contributed by atoms with Crippen LogP contribution in [0.2, 0.25) is 0 Å². The van der Waals surface area contributed by atoms with Crippen LogP contribution >= 0.6 is 0 Å². The Balaban J connectivity index is 1.75. The Morgan fingerprint density at radius 2 is 1.96 bits per heavy atom. The van der Waals surface area contributed by atoms with E-state index in [4.69, 9.17) is 0 Å². The molecular formula is C18H24N6.